The highest BCUT2D eigenvalue weighted by molar-refractivity contribution is 6.34. The van der Waals surface area contributed by atoms with Crippen LogP contribution in [0.25, 0.3) is 23.4 Å². The third kappa shape index (κ3) is 6.09. The summed E-state index contributed by atoms with van der Waals surface area (Å²) < 4.78 is 2.55. The van der Waals surface area contributed by atoms with Crippen LogP contribution in [0.5, 0.6) is 0 Å². The Kier molecular flexibility index (Phi) is 9.99. The van der Waals surface area contributed by atoms with Crippen molar-refractivity contribution in [2.45, 2.75) is 73.1 Å². The molecule has 1 nitrogen and oxygen atoms in total. The van der Waals surface area contributed by atoms with E-state index in [-0.39, 0.29) is 0 Å². The normalized spacial score (nSPS) is 19.3. The molecule has 226 valence electrons. The fourth-order valence-electron chi connectivity index (χ4n) is 7.81. The van der Waals surface area contributed by atoms with Gasteiger partial charge in [-0.3, -0.25) is 0 Å². The second kappa shape index (κ2) is 13.9. The van der Waals surface area contributed by atoms with E-state index in [4.69, 9.17) is 6.58 Å². The first-order valence-corrected chi connectivity index (χ1v) is 16.7. The largest absolute Gasteiger partial charge is 0.317 e. The zero-order chi connectivity index (χ0) is 31.4. The molecule has 0 radical (unpaired) electrons. The Labute approximate surface area is 267 Å². The van der Waals surface area contributed by atoms with Crippen LogP contribution in [-0.2, 0) is 25.7 Å². The van der Waals surface area contributed by atoms with E-state index in [2.05, 4.69) is 133 Å². The van der Waals surface area contributed by atoms with Gasteiger partial charge in [0, 0.05) is 29.4 Å². The molecule has 2 heteroatoms. The SMILES string of the molecule is Bc1cc(C)c(/C=C\C=C)c2c1CCC(C(C)/C=C(\C)C1C=CCc3c(c(/C=C\CC)c(CC)n3-c3ccccc3)C1)C2=C. The van der Waals surface area contributed by atoms with Gasteiger partial charge in [0.1, 0.15) is 7.85 Å². The number of aromatic nitrogens is 1. The average molecular weight is 580 g/mol. The van der Waals surface area contributed by atoms with Crippen LogP contribution in [0.4, 0.5) is 0 Å². The summed E-state index contributed by atoms with van der Waals surface area (Å²) in [5, 5.41) is 0. The Bertz CT molecular complexity index is 1660. The molecule has 1 aromatic heterocycles. The highest BCUT2D eigenvalue weighted by Crippen LogP contribution is 2.42. The van der Waals surface area contributed by atoms with E-state index in [0.29, 0.717) is 17.8 Å². The fraction of sp³-hybridized carbons (Fsp3) is 0.333. The van der Waals surface area contributed by atoms with Gasteiger partial charge in [-0.1, -0.05) is 118 Å². The molecule has 0 aliphatic heterocycles. The molecule has 0 spiro atoms. The summed E-state index contributed by atoms with van der Waals surface area (Å²) in [5.41, 5.74) is 16.8. The van der Waals surface area contributed by atoms with Gasteiger partial charge >= 0.3 is 0 Å². The van der Waals surface area contributed by atoms with Gasteiger partial charge in [-0.15, -0.1) is 0 Å². The highest BCUT2D eigenvalue weighted by atomic mass is 15.0. The number of fused-ring (bicyclic) bond motifs is 2. The van der Waals surface area contributed by atoms with Gasteiger partial charge in [-0.25, -0.2) is 0 Å². The van der Waals surface area contributed by atoms with Gasteiger partial charge in [0.15, 0.2) is 0 Å². The summed E-state index contributed by atoms with van der Waals surface area (Å²) >= 11 is 0. The molecule has 0 saturated heterocycles. The van der Waals surface area contributed by atoms with E-state index in [9.17, 15) is 0 Å². The third-order valence-electron chi connectivity index (χ3n) is 10.0. The first kappa shape index (κ1) is 31.6. The van der Waals surface area contributed by atoms with Crippen molar-refractivity contribution in [1.29, 1.82) is 0 Å². The van der Waals surface area contributed by atoms with Crippen molar-refractivity contribution in [2.24, 2.45) is 17.8 Å². The topological polar surface area (TPSA) is 4.93 Å². The third-order valence-corrected chi connectivity index (χ3v) is 10.0. The molecule has 0 bridgehead atoms. The Hall–Kier alpha value is -3.78. The Balaban J connectivity index is 1.48. The lowest BCUT2D eigenvalue weighted by atomic mass is 9.68. The van der Waals surface area contributed by atoms with Gasteiger partial charge in [-0.2, -0.15) is 0 Å². The average Bonchev–Trinajstić information content (AvgIpc) is 3.14. The number of rotatable bonds is 9. The van der Waals surface area contributed by atoms with Crippen molar-refractivity contribution in [3.8, 4) is 5.69 Å². The molecule has 0 saturated carbocycles. The molecule has 3 unspecified atom stereocenters. The van der Waals surface area contributed by atoms with Crippen molar-refractivity contribution in [3.05, 3.63) is 136 Å². The van der Waals surface area contributed by atoms with Crippen molar-refractivity contribution < 1.29 is 0 Å². The van der Waals surface area contributed by atoms with Crippen LogP contribution in [0.15, 0.2) is 91.6 Å². The summed E-state index contributed by atoms with van der Waals surface area (Å²) in [7, 11) is 2.26. The number of para-hydroxylation sites is 1. The van der Waals surface area contributed by atoms with Gasteiger partial charge in [-0.05, 0) is 109 Å². The molecule has 3 atom stereocenters. The lowest BCUT2D eigenvalue weighted by Crippen LogP contribution is -2.25. The number of benzene rings is 2. The second-order valence-electron chi connectivity index (χ2n) is 12.9. The van der Waals surface area contributed by atoms with Gasteiger partial charge in [0.05, 0.1) is 0 Å². The van der Waals surface area contributed by atoms with Crippen LogP contribution in [0.2, 0.25) is 0 Å². The first-order chi connectivity index (χ1) is 21.3. The summed E-state index contributed by atoms with van der Waals surface area (Å²) in [6.07, 6.45) is 24.7. The number of hydrogen-bond donors (Lipinski definition) is 0. The molecule has 2 aliphatic rings. The lowest BCUT2D eigenvalue weighted by Gasteiger charge is -2.34. The van der Waals surface area contributed by atoms with Gasteiger partial charge in [0.25, 0.3) is 0 Å². The smallest absolute Gasteiger partial charge is 0.139 e. The number of hydrogen-bond acceptors (Lipinski definition) is 0. The molecule has 3 aromatic rings. The monoisotopic (exact) mass is 579 g/mol. The number of allylic oxidation sites excluding steroid dienone is 8. The van der Waals surface area contributed by atoms with E-state index in [0.717, 1.165) is 38.5 Å². The Morgan fingerprint density at radius 1 is 1.11 bits per heavy atom. The fourth-order valence-corrected chi connectivity index (χ4v) is 7.81. The van der Waals surface area contributed by atoms with E-state index in [1.165, 1.54) is 67.1 Å². The van der Waals surface area contributed by atoms with Crippen molar-refractivity contribution in [1.82, 2.24) is 4.57 Å². The van der Waals surface area contributed by atoms with E-state index >= 15 is 0 Å². The maximum atomic E-state index is 4.75. The standard InChI is InChI=1S/C42H50BN/c1-8-11-20-35-30(6)26-39(43)37-24-23-34(31(7)42(35)37)29(5)25-28(4)32-17-16-22-41-38(27-32)36(21-12-9-2)40(10-3)44(41)33-18-14-13-15-19-33/h8,11-21,25-26,29,32,34H,1,7,9-10,22-24,27,43H2,2-6H3/b20-11-,21-12-,28-25+. The minimum Gasteiger partial charge on any atom is -0.317 e. The minimum absolute atomic E-state index is 0.392. The molecule has 5 rings (SSSR count). The van der Waals surface area contributed by atoms with E-state index < -0.39 is 0 Å². The molecular weight excluding hydrogens is 529 g/mol. The predicted molar refractivity (Wildman–Crippen MR) is 197 cm³/mol. The molecule has 0 amide bonds. The molecular formula is C42H50BN. The highest BCUT2D eigenvalue weighted by Gasteiger charge is 2.30. The van der Waals surface area contributed by atoms with Gasteiger partial charge in [0.2, 0.25) is 0 Å². The Morgan fingerprint density at radius 3 is 2.59 bits per heavy atom. The quantitative estimate of drug-likeness (QED) is 0.135. The summed E-state index contributed by atoms with van der Waals surface area (Å²) in [6, 6.07) is 13.3. The van der Waals surface area contributed by atoms with Crippen LogP contribution in [-0.4, -0.2) is 12.4 Å². The maximum Gasteiger partial charge on any atom is 0.139 e. The molecule has 0 N–H and O–H groups in total. The predicted octanol–water partition coefficient (Wildman–Crippen LogP) is 9.36. The summed E-state index contributed by atoms with van der Waals surface area (Å²) in [6.45, 7) is 20.2. The van der Waals surface area contributed by atoms with Crippen LogP contribution in [0, 0.1) is 24.7 Å². The van der Waals surface area contributed by atoms with E-state index in [1.807, 2.05) is 6.08 Å². The van der Waals surface area contributed by atoms with Crippen molar-refractivity contribution in [2.75, 3.05) is 0 Å². The summed E-state index contributed by atoms with van der Waals surface area (Å²) in [4.78, 5) is 0. The minimum atomic E-state index is 0.392. The van der Waals surface area contributed by atoms with E-state index in [1.54, 1.807) is 0 Å². The van der Waals surface area contributed by atoms with Gasteiger partial charge < -0.3 is 4.57 Å². The summed E-state index contributed by atoms with van der Waals surface area (Å²) in [5.74, 6) is 1.25. The molecule has 0 fully saturated rings. The number of aryl methyl sites for hydroxylation is 1. The van der Waals surface area contributed by atoms with Crippen molar-refractivity contribution >= 4 is 31.0 Å². The zero-order valence-corrected chi connectivity index (χ0v) is 27.9. The van der Waals surface area contributed by atoms with Crippen molar-refractivity contribution in [3.63, 3.8) is 0 Å². The second-order valence-corrected chi connectivity index (χ2v) is 12.9. The Morgan fingerprint density at radius 2 is 1.89 bits per heavy atom. The molecule has 2 aromatic carbocycles. The zero-order valence-electron chi connectivity index (χ0n) is 27.9. The molecule has 2 aliphatic carbocycles. The lowest BCUT2D eigenvalue weighted by molar-refractivity contribution is 0.476. The van der Waals surface area contributed by atoms with Crippen LogP contribution in [0.3, 0.4) is 0 Å². The molecule has 44 heavy (non-hydrogen) atoms. The van der Waals surface area contributed by atoms with Crippen LogP contribution in [0.1, 0.15) is 85.3 Å². The maximum absolute atomic E-state index is 4.75. The molecule has 1 heterocycles. The first-order valence-electron chi connectivity index (χ1n) is 16.7. The van der Waals surface area contributed by atoms with Crippen LogP contribution < -0.4 is 5.46 Å². The van der Waals surface area contributed by atoms with Crippen LogP contribution >= 0.6 is 0 Å². The number of nitrogens with zero attached hydrogens (tertiary/aromatic N) is 1.